The zero-order valence-corrected chi connectivity index (χ0v) is 12.3. The fourth-order valence-corrected chi connectivity index (χ4v) is 3.03. The van der Waals surface area contributed by atoms with E-state index in [4.69, 9.17) is 0 Å². The van der Waals surface area contributed by atoms with Gasteiger partial charge in [-0.05, 0) is 31.0 Å². The third-order valence-electron chi connectivity index (χ3n) is 4.33. The highest BCUT2D eigenvalue weighted by molar-refractivity contribution is 5.23. The minimum atomic E-state index is -0.366. The Balaban J connectivity index is 1.84. The summed E-state index contributed by atoms with van der Waals surface area (Å²) in [5.41, 5.74) is 3.19. The minimum absolute atomic E-state index is 0.0512. The fourth-order valence-electron chi connectivity index (χ4n) is 3.03. The number of likely N-dealkylation sites (tertiary alicyclic amines) is 1. The molecule has 1 aromatic heterocycles. The second-order valence-electron chi connectivity index (χ2n) is 5.77. The van der Waals surface area contributed by atoms with Gasteiger partial charge in [-0.1, -0.05) is 12.1 Å². The molecule has 3 rings (SSSR count). The Morgan fingerprint density at radius 1 is 1.43 bits per heavy atom. The van der Waals surface area contributed by atoms with Crippen LogP contribution in [0.25, 0.3) is 0 Å². The number of halogens is 1. The number of aliphatic hydroxyl groups excluding tert-OH is 1. The van der Waals surface area contributed by atoms with E-state index in [1.165, 1.54) is 6.07 Å². The summed E-state index contributed by atoms with van der Waals surface area (Å²) >= 11 is 0. The van der Waals surface area contributed by atoms with E-state index >= 15 is 0 Å². The number of benzene rings is 1. The molecule has 21 heavy (non-hydrogen) atoms. The predicted octanol–water partition coefficient (Wildman–Crippen LogP) is 2.18. The first kappa shape index (κ1) is 14.2. The maximum absolute atomic E-state index is 13.4. The van der Waals surface area contributed by atoms with Crippen molar-refractivity contribution in [3.63, 3.8) is 0 Å². The quantitative estimate of drug-likeness (QED) is 0.941. The van der Waals surface area contributed by atoms with Crippen LogP contribution in [0.15, 0.2) is 30.5 Å². The number of hydrogen-bond acceptors (Lipinski definition) is 3. The average molecular weight is 289 g/mol. The maximum atomic E-state index is 13.4. The first-order valence-corrected chi connectivity index (χ1v) is 7.19. The number of hydrogen-bond donors (Lipinski definition) is 1. The number of aliphatic hydroxyl groups is 1. The van der Waals surface area contributed by atoms with Gasteiger partial charge in [0, 0.05) is 37.4 Å². The van der Waals surface area contributed by atoms with Gasteiger partial charge in [-0.25, -0.2) is 4.39 Å². The van der Waals surface area contributed by atoms with Crippen molar-refractivity contribution in [3.8, 4) is 0 Å². The number of aryl methyl sites for hydroxylation is 1. The molecule has 2 heterocycles. The van der Waals surface area contributed by atoms with Crippen LogP contribution in [0, 0.1) is 12.7 Å². The van der Waals surface area contributed by atoms with E-state index in [-0.39, 0.29) is 18.0 Å². The number of nitrogens with zero attached hydrogens (tertiary/aromatic N) is 3. The van der Waals surface area contributed by atoms with E-state index in [0.717, 1.165) is 23.4 Å². The molecule has 2 aromatic rings. The van der Waals surface area contributed by atoms with Gasteiger partial charge in [0.15, 0.2) is 0 Å². The zero-order valence-electron chi connectivity index (χ0n) is 12.3. The molecule has 0 spiro atoms. The van der Waals surface area contributed by atoms with E-state index in [1.54, 1.807) is 12.1 Å². The van der Waals surface area contributed by atoms with Crippen LogP contribution in [-0.4, -0.2) is 32.4 Å². The number of β-amino-alcohol motifs (C(OH)–C–C–N with tert-alkyl or cyclic N) is 1. The Kier molecular flexibility index (Phi) is 3.78. The van der Waals surface area contributed by atoms with Gasteiger partial charge in [0.2, 0.25) is 0 Å². The fraction of sp³-hybridized carbons (Fsp3) is 0.438. The van der Waals surface area contributed by atoms with Crippen LogP contribution >= 0.6 is 0 Å². The van der Waals surface area contributed by atoms with Crippen molar-refractivity contribution in [1.82, 2.24) is 14.7 Å². The molecule has 1 aliphatic heterocycles. The summed E-state index contributed by atoms with van der Waals surface area (Å²) in [4.78, 5) is 2.20. The van der Waals surface area contributed by atoms with Crippen molar-refractivity contribution >= 4 is 0 Å². The van der Waals surface area contributed by atoms with Gasteiger partial charge in [0.05, 0.1) is 12.3 Å². The van der Waals surface area contributed by atoms with E-state index < -0.39 is 0 Å². The highest BCUT2D eigenvalue weighted by atomic mass is 19.1. The molecular weight excluding hydrogens is 269 g/mol. The lowest BCUT2D eigenvalue weighted by atomic mass is 10.0. The zero-order chi connectivity index (χ0) is 15.0. The molecule has 0 aliphatic carbocycles. The summed E-state index contributed by atoms with van der Waals surface area (Å²) in [7, 11) is 1.92. The first-order chi connectivity index (χ1) is 10.0. The van der Waals surface area contributed by atoms with Crippen LogP contribution in [-0.2, 0) is 13.6 Å². The third kappa shape index (κ3) is 2.84. The highest BCUT2D eigenvalue weighted by Gasteiger charge is 2.32. The number of rotatable bonds is 3. The van der Waals surface area contributed by atoms with Crippen LogP contribution in [0.2, 0.25) is 0 Å². The van der Waals surface area contributed by atoms with Crippen molar-refractivity contribution in [2.45, 2.75) is 32.0 Å². The second kappa shape index (κ2) is 5.58. The molecule has 0 saturated carbocycles. The van der Waals surface area contributed by atoms with Crippen LogP contribution in [0.1, 0.15) is 29.3 Å². The molecule has 1 aromatic carbocycles. The topological polar surface area (TPSA) is 41.3 Å². The normalized spacial score (nSPS) is 22.9. The molecule has 4 nitrogen and oxygen atoms in total. The van der Waals surface area contributed by atoms with Gasteiger partial charge in [0.1, 0.15) is 5.82 Å². The Hall–Kier alpha value is -1.72. The van der Waals surface area contributed by atoms with Crippen LogP contribution in [0.5, 0.6) is 0 Å². The van der Waals surface area contributed by atoms with Crippen LogP contribution < -0.4 is 0 Å². The Labute approximate surface area is 123 Å². The van der Waals surface area contributed by atoms with Gasteiger partial charge in [-0.2, -0.15) is 5.10 Å². The lowest BCUT2D eigenvalue weighted by Crippen LogP contribution is -2.24. The Morgan fingerprint density at radius 3 is 2.90 bits per heavy atom. The molecule has 1 N–H and O–H groups in total. The van der Waals surface area contributed by atoms with Gasteiger partial charge in [-0.15, -0.1) is 0 Å². The molecule has 1 saturated heterocycles. The van der Waals surface area contributed by atoms with Crippen molar-refractivity contribution in [3.05, 3.63) is 53.1 Å². The second-order valence-corrected chi connectivity index (χ2v) is 5.77. The van der Waals surface area contributed by atoms with Gasteiger partial charge in [-0.3, -0.25) is 9.58 Å². The minimum Gasteiger partial charge on any atom is -0.392 e. The molecule has 0 amide bonds. The molecule has 112 valence electrons. The maximum Gasteiger partial charge on any atom is 0.123 e. The predicted molar refractivity (Wildman–Crippen MR) is 78.1 cm³/mol. The monoisotopic (exact) mass is 289 g/mol. The molecule has 1 aliphatic rings. The standard InChI is InChI=1S/C16H20FN3O/c1-11-13(8-18-19(11)2)9-20-10-15(21)7-16(20)12-4-3-5-14(17)6-12/h3-6,8,15-16,21H,7,9-10H2,1-2H3. The van der Waals surface area contributed by atoms with Crippen LogP contribution in [0.4, 0.5) is 4.39 Å². The summed E-state index contributed by atoms with van der Waals surface area (Å²) in [5, 5.41) is 14.3. The smallest absolute Gasteiger partial charge is 0.123 e. The SMILES string of the molecule is Cc1c(CN2CC(O)CC2c2cccc(F)c2)cnn1C. The highest BCUT2D eigenvalue weighted by Crippen LogP contribution is 2.33. The Bertz CT molecular complexity index is 640. The number of aromatic nitrogens is 2. The first-order valence-electron chi connectivity index (χ1n) is 7.19. The van der Waals surface area contributed by atoms with Gasteiger partial charge >= 0.3 is 0 Å². The average Bonchev–Trinajstić information content (AvgIpc) is 2.96. The molecule has 5 heteroatoms. The van der Waals surface area contributed by atoms with Gasteiger partial charge in [0.25, 0.3) is 0 Å². The summed E-state index contributed by atoms with van der Waals surface area (Å²) in [6.07, 6.45) is 2.14. The summed E-state index contributed by atoms with van der Waals surface area (Å²) in [5.74, 6) is -0.230. The molecule has 1 fully saturated rings. The van der Waals surface area contributed by atoms with Crippen molar-refractivity contribution < 1.29 is 9.50 Å². The molecule has 0 radical (unpaired) electrons. The Morgan fingerprint density at radius 2 is 2.24 bits per heavy atom. The van der Waals surface area contributed by atoms with E-state index in [1.807, 2.05) is 30.9 Å². The summed E-state index contributed by atoms with van der Waals surface area (Å²) in [6, 6.07) is 6.71. The van der Waals surface area contributed by atoms with Crippen molar-refractivity contribution in [1.29, 1.82) is 0 Å². The lowest BCUT2D eigenvalue weighted by molar-refractivity contribution is 0.172. The largest absolute Gasteiger partial charge is 0.392 e. The van der Waals surface area contributed by atoms with E-state index in [9.17, 15) is 9.50 Å². The summed E-state index contributed by atoms with van der Waals surface area (Å²) in [6.45, 7) is 3.36. The van der Waals surface area contributed by atoms with E-state index in [2.05, 4.69) is 10.00 Å². The van der Waals surface area contributed by atoms with E-state index in [0.29, 0.717) is 13.0 Å². The molecule has 2 atom stereocenters. The summed E-state index contributed by atoms with van der Waals surface area (Å²) < 4.78 is 15.3. The lowest BCUT2D eigenvalue weighted by Gasteiger charge is -2.24. The molecule has 2 unspecified atom stereocenters. The molecule has 0 bridgehead atoms. The van der Waals surface area contributed by atoms with Crippen LogP contribution in [0.3, 0.4) is 0 Å². The van der Waals surface area contributed by atoms with Crippen molar-refractivity contribution in [2.75, 3.05) is 6.54 Å². The van der Waals surface area contributed by atoms with Gasteiger partial charge < -0.3 is 5.11 Å². The molecular formula is C16H20FN3O. The van der Waals surface area contributed by atoms with Crippen molar-refractivity contribution in [2.24, 2.45) is 7.05 Å². The third-order valence-corrected chi connectivity index (χ3v) is 4.33.